The molecular formula is C12H33N4O6P2+. The van der Waals surface area contributed by atoms with Crippen LogP contribution >= 0.6 is 15.2 Å². The Balaban J connectivity index is 5.14. The van der Waals surface area contributed by atoms with Gasteiger partial charge < -0.3 is 41.3 Å². The summed E-state index contributed by atoms with van der Waals surface area (Å²) in [6.07, 6.45) is 0.448. The standard InChI is InChI=1S/C12H32N4O6P2/c1-4-16(5-2,6-3)11(23(17,18)19)9-7-8-10(13)12(14,15)24(20,21)22/h10-11H,4-9,13-15H2,1-3H3,(H3-,17,18,19,20,21,22)/p+1. The van der Waals surface area contributed by atoms with Crippen molar-refractivity contribution in [3.63, 3.8) is 0 Å². The van der Waals surface area contributed by atoms with Gasteiger partial charge in [0.05, 0.1) is 19.6 Å². The molecule has 0 rings (SSSR count). The maximum Gasteiger partial charge on any atom is 0.382 e. The summed E-state index contributed by atoms with van der Waals surface area (Å²) in [5, 5.41) is -2.36. The third-order valence-electron chi connectivity index (χ3n) is 4.99. The minimum Gasteiger partial charge on any atom is -0.324 e. The van der Waals surface area contributed by atoms with E-state index in [0.29, 0.717) is 19.6 Å². The zero-order chi connectivity index (χ0) is 19.4. The van der Waals surface area contributed by atoms with Crippen molar-refractivity contribution in [2.24, 2.45) is 17.2 Å². The molecule has 12 heteroatoms. The highest BCUT2D eigenvalue weighted by atomic mass is 31.2. The first kappa shape index (κ1) is 24.1. The van der Waals surface area contributed by atoms with E-state index >= 15 is 0 Å². The summed E-state index contributed by atoms with van der Waals surface area (Å²) in [5.41, 5.74) is 16.6. The van der Waals surface area contributed by atoms with Gasteiger partial charge in [-0.05, 0) is 33.6 Å². The predicted molar refractivity (Wildman–Crippen MR) is 92.7 cm³/mol. The first-order valence-corrected chi connectivity index (χ1v) is 11.3. The molecule has 10 N–H and O–H groups in total. The van der Waals surface area contributed by atoms with E-state index in [2.05, 4.69) is 0 Å². The van der Waals surface area contributed by atoms with Crippen LogP contribution in [0.25, 0.3) is 0 Å². The van der Waals surface area contributed by atoms with E-state index < -0.39 is 32.4 Å². The number of nitrogens with two attached hydrogens (primary N) is 3. The summed E-state index contributed by atoms with van der Waals surface area (Å²) in [4.78, 5) is 37.8. The van der Waals surface area contributed by atoms with E-state index in [0.717, 1.165) is 0 Å². The molecule has 24 heavy (non-hydrogen) atoms. The van der Waals surface area contributed by atoms with Gasteiger partial charge in [-0.2, -0.15) is 0 Å². The lowest BCUT2D eigenvalue weighted by Gasteiger charge is -2.43. The Labute approximate surface area is 143 Å². The summed E-state index contributed by atoms with van der Waals surface area (Å²) < 4.78 is 23.5. The van der Waals surface area contributed by atoms with E-state index in [1.807, 2.05) is 20.8 Å². The van der Waals surface area contributed by atoms with Crippen LogP contribution in [0.4, 0.5) is 0 Å². The second-order valence-electron chi connectivity index (χ2n) is 6.21. The topological polar surface area (TPSA) is 193 Å². The van der Waals surface area contributed by atoms with E-state index in [4.69, 9.17) is 27.0 Å². The van der Waals surface area contributed by atoms with Gasteiger partial charge >= 0.3 is 15.2 Å². The third-order valence-corrected chi connectivity index (χ3v) is 7.85. The highest BCUT2D eigenvalue weighted by Crippen LogP contribution is 2.49. The Morgan fingerprint density at radius 1 is 0.958 bits per heavy atom. The van der Waals surface area contributed by atoms with Crippen LogP contribution in [0.3, 0.4) is 0 Å². The molecular weight excluding hydrogens is 358 g/mol. The summed E-state index contributed by atoms with van der Waals surface area (Å²) in [6, 6.07) is -1.19. The second kappa shape index (κ2) is 8.68. The molecule has 0 spiro atoms. The Hall–Kier alpha value is 0.140. The van der Waals surface area contributed by atoms with Crippen molar-refractivity contribution in [2.45, 2.75) is 57.3 Å². The summed E-state index contributed by atoms with van der Waals surface area (Å²) in [7, 11) is -9.16. The van der Waals surface area contributed by atoms with Crippen LogP contribution in [-0.2, 0) is 9.13 Å². The van der Waals surface area contributed by atoms with Crippen molar-refractivity contribution < 1.29 is 33.2 Å². The van der Waals surface area contributed by atoms with Gasteiger partial charge in [0.25, 0.3) is 0 Å². The van der Waals surface area contributed by atoms with Crippen molar-refractivity contribution >= 4 is 15.2 Å². The first-order valence-electron chi connectivity index (χ1n) is 7.99. The van der Waals surface area contributed by atoms with Gasteiger partial charge in [0.1, 0.15) is 0 Å². The molecule has 0 heterocycles. The van der Waals surface area contributed by atoms with E-state index in [-0.39, 0.29) is 23.7 Å². The SMILES string of the molecule is CC[N+](CC)(CC)C(CCCC(N)C(N)(N)P(=O)(O)O)P(=O)(O)O. The second-order valence-corrected chi connectivity index (χ2v) is 9.84. The maximum absolute atomic E-state index is 12.0. The molecule has 0 saturated heterocycles. The van der Waals surface area contributed by atoms with Crippen LogP contribution in [-0.4, -0.2) is 60.9 Å². The summed E-state index contributed by atoms with van der Waals surface area (Å²) in [5.74, 6) is -0.898. The molecule has 10 nitrogen and oxygen atoms in total. The molecule has 0 aliphatic carbocycles. The van der Waals surface area contributed by atoms with E-state index in [1.165, 1.54) is 0 Å². The predicted octanol–water partition coefficient (Wildman–Crippen LogP) is -0.387. The minimum atomic E-state index is -4.80. The van der Waals surface area contributed by atoms with E-state index in [9.17, 15) is 18.9 Å². The number of quaternary nitrogens is 1. The average Bonchev–Trinajstić information content (AvgIpc) is 2.44. The van der Waals surface area contributed by atoms with Crippen LogP contribution < -0.4 is 17.2 Å². The van der Waals surface area contributed by atoms with Crippen molar-refractivity contribution in [1.82, 2.24) is 0 Å². The average molecular weight is 391 g/mol. The van der Waals surface area contributed by atoms with Gasteiger partial charge in [0.2, 0.25) is 0 Å². The van der Waals surface area contributed by atoms with Crippen LogP contribution in [0.5, 0.6) is 0 Å². The molecule has 0 radical (unpaired) electrons. The normalized spacial score (nSPS) is 16.9. The van der Waals surface area contributed by atoms with Gasteiger partial charge in [0, 0.05) is 12.5 Å². The maximum atomic E-state index is 12.0. The molecule has 0 aliphatic heterocycles. The number of rotatable bonds is 11. The van der Waals surface area contributed by atoms with Crippen molar-refractivity contribution in [3.8, 4) is 0 Å². The van der Waals surface area contributed by atoms with Crippen molar-refractivity contribution in [1.29, 1.82) is 0 Å². The van der Waals surface area contributed by atoms with Gasteiger partial charge in [-0.1, -0.05) is 0 Å². The molecule has 2 unspecified atom stereocenters. The molecule has 0 amide bonds. The molecule has 2 atom stereocenters. The van der Waals surface area contributed by atoms with Gasteiger partial charge in [-0.25, -0.2) is 0 Å². The third kappa shape index (κ3) is 5.57. The fourth-order valence-electron chi connectivity index (χ4n) is 3.03. The highest BCUT2D eigenvalue weighted by molar-refractivity contribution is 7.53. The molecule has 0 fully saturated rings. The first-order chi connectivity index (χ1) is 10.7. The largest absolute Gasteiger partial charge is 0.382 e. The Bertz CT molecular complexity index is 480. The lowest BCUT2D eigenvalue weighted by atomic mass is 10.1. The zero-order valence-electron chi connectivity index (χ0n) is 14.6. The number of nitrogens with zero attached hydrogens (tertiary/aromatic N) is 1. The van der Waals surface area contributed by atoms with Gasteiger partial charge in [-0.15, -0.1) is 0 Å². The molecule has 0 aromatic rings. The highest BCUT2D eigenvalue weighted by Gasteiger charge is 2.47. The smallest absolute Gasteiger partial charge is 0.324 e. The van der Waals surface area contributed by atoms with Crippen molar-refractivity contribution in [2.75, 3.05) is 19.6 Å². The van der Waals surface area contributed by atoms with Crippen molar-refractivity contribution in [3.05, 3.63) is 0 Å². The Kier molecular flexibility index (Phi) is 8.74. The number of hydrogen-bond donors (Lipinski definition) is 7. The quantitative estimate of drug-likeness (QED) is 0.139. The van der Waals surface area contributed by atoms with Crippen LogP contribution in [0.2, 0.25) is 0 Å². The Morgan fingerprint density at radius 3 is 1.67 bits per heavy atom. The van der Waals surface area contributed by atoms with Crippen LogP contribution in [0.15, 0.2) is 0 Å². The summed E-state index contributed by atoms with van der Waals surface area (Å²) >= 11 is 0. The summed E-state index contributed by atoms with van der Waals surface area (Å²) in [6.45, 7) is 7.32. The van der Waals surface area contributed by atoms with Crippen LogP contribution in [0.1, 0.15) is 40.0 Å². The minimum absolute atomic E-state index is 0.0474. The number of hydrogen-bond acceptors (Lipinski definition) is 5. The lowest BCUT2D eigenvalue weighted by Crippen LogP contribution is -2.61. The van der Waals surface area contributed by atoms with Crippen LogP contribution in [0, 0.1) is 0 Å². The zero-order valence-corrected chi connectivity index (χ0v) is 16.4. The lowest BCUT2D eigenvalue weighted by molar-refractivity contribution is -0.935. The molecule has 0 saturated carbocycles. The molecule has 0 aromatic carbocycles. The molecule has 146 valence electrons. The monoisotopic (exact) mass is 391 g/mol. The fourth-order valence-corrected chi connectivity index (χ4v) is 5.24. The van der Waals surface area contributed by atoms with E-state index in [1.54, 1.807) is 0 Å². The molecule has 0 aromatic heterocycles. The molecule has 0 aliphatic rings. The van der Waals surface area contributed by atoms with Gasteiger partial charge in [-0.3, -0.25) is 9.13 Å². The Morgan fingerprint density at radius 2 is 1.38 bits per heavy atom. The van der Waals surface area contributed by atoms with Gasteiger partial charge in [0.15, 0.2) is 11.2 Å². The fraction of sp³-hybridized carbons (Fsp3) is 1.00. The molecule has 0 bridgehead atoms.